The third-order valence-corrected chi connectivity index (χ3v) is 3.35. The number of nitro groups is 1. The van der Waals surface area contributed by atoms with Crippen LogP contribution in [0, 0.1) is 17.0 Å². The number of anilines is 2. The highest BCUT2D eigenvalue weighted by Crippen LogP contribution is 2.30. The molecule has 0 saturated heterocycles. The average molecular weight is 353 g/mol. The zero-order chi connectivity index (χ0) is 18.6. The Morgan fingerprint density at radius 3 is 2.56 bits per heavy atom. The second-order valence-electron chi connectivity index (χ2n) is 5.24. The average Bonchev–Trinajstić information content (AvgIpc) is 2.53. The fourth-order valence-electron chi connectivity index (χ4n) is 2.07. The second-order valence-corrected chi connectivity index (χ2v) is 5.24. The van der Waals surface area contributed by atoms with Crippen LogP contribution in [0.5, 0.6) is 0 Å². The van der Waals surface area contributed by atoms with E-state index in [4.69, 9.17) is 0 Å². The molecule has 0 radical (unpaired) electrons. The SMILES string of the molecule is Cc1ccc([N+](=O)[O-])cc1NCC(=O)Nc1cccc(C(F)(F)F)c1. The molecule has 0 fully saturated rings. The Labute approximate surface area is 140 Å². The minimum atomic E-state index is -4.50. The minimum absolute atomic E-state index is 0.0115. The first kappa shape index (κ1) is 18.2. The number of nitrogens with one attached hydrogen (secondary N) is 2. The molecule has 132 valence electrons. The number of nitro benzene ring substituents is 1. The zero-order valence-electron chi connectivity index (χ0n) is 13.1. The summed E-state index contributed by atoms with van der Waals surface area (Å²) in [5, 5.41) is 15.8. The standard InChI is InChI=1S/C16H14F3N3O3/c1-10-5-6-13(22(24)25)8-14(10)20-9-15(23)21-12-4-2-3-11(7-12)16(17,18)19/h2-8,20H,9H2,1H3,(H,21,23). The van der Waals surface area contributed by atoms with Crippen molar-refractivity contribution in [1.82, 2.24) is 0 Å². The molecule has 9 heteroatoms. The number of benzene rings is 2. The molecule has 2 aromatic rings. The van der Waals surface area contributed by atoms with Gasteiger partial charge in [-0.3, -0.25) is 14.9 Å². The summed E-state index contributed by atoms with van der Waals surface area (Å²) in [6, 6.07) is 8.42. The van der Waals surface area contributed by atoms with Gasteiger partial charge in [0, 0.05) is 23.5 Å². The Morgan fingerprint density at radius 1 is 1.20 bits per heavy atom. The van der Waals surface area contributed by atoms with E-state index in [0.29, 0.717) is 11.3 Å². The van der Waals surface area contributed by atoms with Crippen molar-refractivity contribution in [2.45, 2.75) is 13.1 Å². The van der Waals surface area contributed by atoms with Gasteiger partial charge in [-0.1, -0.05) is 12.1 Å². The molecule has 1 amide bonds. The van der Waals surface area contributed by atoms with E-state index >= 15 is 0 Å². The molecule has 0 saturated carbocycles. The molecule has 0 atom stereocenters. The van der Waals surface area contributed by atoms with E-state index in [1.54, 1.807) is 6.92 Å². The summed E-state index contributed by atoms with van der Waals surface area (Å²) in [5.41, 5.74) is 0.0995. The summed E-state index contributed by atoms with van der Waals surface area (Å²) in [5.74, 6) is -0.578. The number of amides is 1. The lowest BCUT2D eigenvalue weighted by atomic mass is 10.2. The van der Waals surface area contributed by atoms with Crippen LogP contribution in [0.3, 0.4) is 0 Å². The Kier molecular flexibility index (Phi) is 5.26. The molecular formula is C16H14F3N3O3. The van der Waals surface area contributed by atoms with E-state index in [2.05, 4.69) is 10.6 Å². The van der Waals surface area contributed by atoms with Crippen LogP contribution in [0.25, 0.3) is 0 Å². The van der Waals surface area contributed by atoms with E-state index in [1.807, 2.05) is 0 Å². The molecule has 0 aromatic heterocycles. The minimum Gasteiger partial charge on any atom is -0.376 e. The van der Waals surface area contributed by atoms with Gasteiger partial charge >= 0.3 is 6.18 Å². The molecule has 0 spiro atoms. The normalized spacial score (nSPS) is 11.0. The summed E-state index contributed by atoms with van der Waals surface area (Å²) >= 11 is 0. The predicted octanol–water partition coefficient (Wildman–Crippen LogP) is 3.97. The number of halogens is 3. The molecule has 0 aliphatic carbocycles. The van der Waals surface area contributed by atoms with Crippen molar-refractivity contribution in [1.29, 1.82) is 0 Å². The van der Waals surface area contributed by atoms with Gasteiger partial charge in [0.05, 0.1) is 17.0 Å². The predicted molar refractivity (Wildman–Crippen MR) is 86.4 cm³/mol. The summed E-state index contributed by atoms with van der Waals surface area (Å²) in [6.45, 7) is 1.45. The van der Waals surface area contributed by atoms with Crippen molar-refractivity contribution in [2.24, 2.45) is 0 Å². The number of hydrogen-bond acceptors (Lipinski definition) is 4. The Balaban J connectivity index is 2.02. The Bertz CT molecular complexity index is 807. The van der Waals surface area contributed by atoms with Crippen LogP contribution in [0.15, 0.2) is 42.5 Å². The van der Waals surface area contributed by atoms with Crippen LogP contribution in [0.1, 0.15) is 11.1 Å². The molecule has 2 aromatic carbocycles. The quantitative estimate of drug-likeness (QED) is 0.629. The smallest absolute Gasteiger partial charge is 0.376 e. The van der Waals surface area contributed by atoms with Crippen molar-refractivity contribution < 1.29 is 22.9 Å². The highest BCUT2D eigenvalue weighted by molar-refractivity contribution is 5.94. The van der Waals surface area contributed by atoms with Gasteiger partial charge in [0.25, 0.3) is 5.69 Å². The van der Waals surface area contributed by atoms with Gasteiger partial charge in [-0.15, -0.1) is 0 Å². The summed E-state index contributed by atoms with van der Waals surface area (Å²) in [4.78, 5) is 22.1. The number of carbonyl (C=O) groups is 1. The van der Waals surface area contributed by atoms with Gasteiger partial charge in [-0.2, -0.15) is 13.2 Å². The summed E-state index contributed by atoms with van der Waals surface area (Å²) in [6.07, 6.45) is -4.50. The van der Waals surface area contributed by atoms with Crippen molar-refractivity contribution in [3.05, 3.63) is 63.7 Å². The number of aryl methyl sites for hydroxylation is 1. The van der Waals surface area contributed by atoms with E-state index < -0.39 is 22.6 Å². The second kappa shape index (κ2) is 7.20. The fourth-order valence-corrected chi connectivity index (χ4v) is 2.07. The number of rotatable bonds is 5. The molecule has 0 bridgehead atoms. The zero-order valence-corrected chi connectivity index (χ0v) is 13.1. The number of non-ortho nitro benzene ring substituents is 1. The van der Waals surface area contributed by atoms with Crippen molar-refractivity contribution in [2.75, 3.05) is 17.2 Å². The lowest BCUT2D eigenvalue weighted by molar-refractivity contribution is -0.384. The molecule has 25 heavy (non-hydrogen) atoms. The largest absolute Gasteiger partial charge is 0.416 e. The number of carbonyl (C=O) groups excluding carboxylic acids is 1. The highest BCUT2D eigenvalue weighted by Gasteiger charge is 2.30. The topological polar surface area (TPSA) is 84.3 Å². The lowest BCUT2D eigenvalue weighted by Crippen LogP contribution is -2.22. The first-order valence-electron chi connectivity index (χ1n) is 7.13. The molecule has 0 unspecified atom stereocenters. The van der Waals surface area contributed by atoms with Gasteiger partial charge in [0.15, 0.2) is 0 Å². The van der Waals surface area contributed by atoms with Crippen LogP contribution < -0.4 is 10.6 Å². The maximum absolute atomic E-state index is 12.6. The van der Waals surface area contributed by atoms with Crippen molar-refractivity contribution >= 4 is 23.0 Å². The van der Waals surface area contributed by atoms with Gasteiger partial charge in [0.1, 0.15) is 0 Å². The first-order chi connectivity index (χ1) is 11.7. The van der Waals surface area contributed by atoms with Crippen LogP contribution in [0.2, 0.25) is 0 Å². The van der Waals surface area contributed by atoms with Gasteiger partial charge in [-0.05, 0) is 30.7 Å². The van der Waals surface area contributed by atoms with E-state index in [1.165, 1.54) is 30.3 Å². The number of nitrogens with zero attached hydrogens (tertiary/aromatic N) is 1. The molecule has 0 aliphatic heterocycles. The molecule has 6 nitrogen and oxygen atoms in total. The van der Waals surface area contributed by atoms with Crippen molar-refractivity contribution in [3.8, 4) is 0 Å². The monoisotopic (exact) mass is 353 g/mol. The van der Waals surface area contributed by atoms with E-state index in [9.17, 15) is 28.1 Å². The summed E-state index contributed by atoms with van der Waals surface area (Å²) in [7, 11) is 0. The lowest BCUT2D eigenvalue weighted by Gasteiger charge is -2.11. The molecule has 0 heterocycles. The Morgan fingerprint density at radius 2 is 1.92 bits per heavy atom. The van der Waals surface area contributed by atoms with Crippen molar-refractivity contribution in [3.63, 3.8) is 0 Å². The molecule has 0 aliphatic rings. The molecule has 2 N–H and O–H groups in total. The first-order valence-corrected chi connectivity index (χ1v) is 7.13. The maximum atomic E-state index is 12.6. The molecule has 2 rings (SSSR count). The fraction of sp³-hybridized carbons (Fsp3) is 0.188. The van der Waals surface area contributed by atoms with E-state index in [-0.39, 0.29) is 17.9 Å². The van der Waals surface area contributed by atoms with Crippen LogP contribution >= 0.6 is 0 Å². The number of alkyl halides is 3. The van der Waals surface area contributed by atoms with E-state index in [0.717, 1.165) is 12.1 Å². The van der Waals surface area contributed by atoms with Gasteiger partial charge in [-0.25, -0.2) is 0 Å². The summed E-state index contributed by atoms with van der Waals surface area (Å²) < 4.78 is 37.9. The third kappa shape index (κ3) is 4.93. The van der Waals surface area contributed by atoms with Crippen LogP contribution in [-0.4, -0.2) is 17.4 Å². The highest BCUT2D eigenvalue weighted by atomic mass is 19.4. The maximum Gasteiger partial charge on any atom is 0.416 e. The van der Waals surface area contributed by atoms with Crippen LogP contribution in [-0.2, 0) is 11.0 Å². The van der Waals surface area contributed by atoms with Gasteiger partial charge in [0.2, 0.25) is 5.91 Å². The molecular weight excluding hydrogens is 339 g/mol. The third-order valence-electron chi connectivity index (χ3n) is 3.35. The van der Waals surface area contributed by atoms with Crippen LogP contribution in [0.4, 0.5) is 30.2 Å². The Hall–Kier alpha value is -3.10. The number of hydrogen-bond donors (Lipinski definition) is 2. The van der Waals surface area contributed by atoms with Gasteiger partial charge < -0.3 is 10.6 Å².